The Bertz CT molecular complexity index is 364. The average Bonchev–Trinajstić information content (AvgIpc) is 2.12. The van der Waals surface area contributed by atoms with Gasteiger partial charge in [0.05, 0.1) is 6.20 Å². The number of hydrogen-bond donors (Lipinski definition) is 1. The van der Waals surface area contributed by atoms with Crippen molar-refractivity contribution in [1.82, 2.24) is 4.90 Å². The highest BCUT2D eigenvalue weighted by Gasteiger charge is 2.28. The number of amidine groups is 1. The van der Waals surface area contributed by atoms with Crippen LogP contribution >= 0.6 is 0 Å². The molecule has 0 aromatic heterocycles. The van der Waals surface area contributed by atoms with Gasteiger partial charge in [-0.3, -0.25) is 0 Å². The minimum absolute atomic E-state index is 0.0185. The second-order valence-electron chi connectivity index (χ2n) is 3.01. The van der Waals surface area contributed by atoms with E-state index in [1.165, 1.54) is 6.08 Å². The summed E-state index contributed by atoms with van der Waals surface area (Å²) >= 11 is 0. The van der Waals surface area contributed by atoms with Gasteiger partial charge < -0.3 is 10.3 Å². The molecular formula is C9H10N2O2. The number of allylic oxidation sites excluding steroid dienone is 3. The number of hydroxylamine groups is 1. The maximum Gasteiger partial charge on any atom is 0.327 e. The summed E-state index contributed by atoms with van der Waals surface area (Å²) in [5.74, 6) is 0.326. The van der Waals surface area contributed by atoms with E-state index in [0.29, 0.717) is 18.1 Å². The number of fused-ring (bicyclic) bond motifs is 1. The second kappa shape index (κ2) is 2.65. The number of hydrogen-bond acceptors (Lipinski definition) is 3. The van der Waals surface area contributed by atoms with E-state index in [2.05, 4.69) is 0 Å². The van der Waals surface area contributed by atoms with Gasteiger partial charge in [0.1, 0.15) is 12.2 Å². The fraction of sp³-hybridized carbons (Fsp3) is 0.222. The van der Waals surface area contributed by atoms with E-state index in [0.717, 1.165) is 4.74 Å². The molecule has 68 valence electrons. The fourth-order valence-corrected chi connectivity index (χ4v) is 1.38. The van der Waals surface area contributed by atoms with Gasteiger partial charge in [0, 0.05) is 0 Å². The third kappa shape index (κ3) is 1.11. The summed E-state index contributed by atoms with van der Waals surface area (Å²) in [5.41, 5.74) is 0.613. The van der Waals surface area contributed by atoms with E-state index in [4.69, 9.17) is 0 Å². The van der Waals surface area contributed by atoms with Crippen molar-refractivity contribution in [2.24, 2.45) is 0 Å². The zero-order valence-electron chi connectivity index (χ0n) is 7.27. The molecular weight excluding hydrogens is 168 g/mol. The van der Waals surface area contributed by atoms with E-state index < -0.39 is 0 Å². The Labute approximate surface area is 76.0 Å². The summed E-state index contributed by atoms with van der Waals surface area (Å²) < 4.78 is 0.735. The van der Waals surface area contributed by atoms with Crippen LogP contribution in [0.3, 0.4) is 0 Å². The van der Waals surface area contributed by atoms with Crippen LogP contribution < -0.4 is 0 Å². The van der Waals surface area contributed by atoms with Crippen LogP contribution in [0.1, 0.15) is 6.92 Å². The van der Waals surface area contributed by atoms with Crippen molar-refractivity contribution < 1.29 is 9.85 Å². The van der Waals surface area contributed by atoms with Crippen molar-refractivity contribution in [3.05, 3.63) is 41.1 Å². The molecule has 13 heavy (non-hydrogen) atoms. The highest BCUT2D eigenvalue weighted by molar-refractivity contribution is 5.94. The summed E-state index contributed by atoms with van der Waals surface area (Å²) in [6.45, 7) is 2.36. The van der Waals surface area contributed by atoms with E-state index in [-0.39, 0.29) is 5.76 Å². The van der Waals surface area contributed by atoms with Crippen LogP contribution in [0.25, 0.3) is 0 Å². The van der Waals surface area contributed by atoms with Crippen molar-refractivity contribution in [3.8, 4) is 0 Å². The Hall–Kier alpha value is -1.71. The molecule has 0 aromatic rings. The van der Waals surface area contributed by atoms with Gasteiger partial charge in [-0.2, -0.15) is 0 Å². The van der Waals surface area contributed by atoms with Crippen LogP contribution in [-0.2, 0) is 0 Å². The molecule has 0 aliphatic carbocycles. The topological polar surface area (TPSA) is 49.5 Å². The predicted molar refractivity (Wildman–Crippen MR) is 48.9 cm³/mol. The predicted octanol–water partition coefficient (Wildman–Crippen LogP) is 1.08. The average molecular weight is 178 g/mol. The number of aliphatic hydroxyl groups excluding tert-OH is 1. The molecule has 0 bridgehead atoms. The van der Waals surface area contributed by atoms with Crippen LogP contribution in [0.4, 0.5) is 0 Å². The van der Waals surface area contributed by atoms with Gasteiger partial charge in [-0.25, -0.2) is 9.64 Å². The van der Waals surface area contributed by atoms with Gasteiger partial charge in [0.2, 0.25) is 5.76 Å². The molecule has 0 unspecified atom stereocenters. The van der Waals surface area contributed by atoms with Crippen molar-refractivity contribution >= 4 is 5.84 Å². The van der Waals surface area contributed by atoms with Gasteiger partial charge in [0.25, 0.3) is 0 Å². The molecule has 2 rings (SSSR count). The maximum absolute atomic E-state index is 11.5. The van der Waals surface area contributed by atoms with Gasteiger partial charge in [0.15, 0.2) is 0 Å². The molecule has 2 heterocycles. The fourth-order valence-electron chi connectivity index (χ4n) is 1.38. The largest absolute Gasteiger partial charge is 0.710 e. The minimum Gasteiger partial charge on any atom is -0.710 e. The molecule has 4 nitrogen and oxygen atoms in total. The van der Waals surface area contributed by atoms with E-state index in [9.17, 15) is 10.3 Å². The Morgan fingerprint density at radius 1 is 1.62 bits per heavy atom. The van der Waals surface area contributed by atoms with Crippen molar-refractivity contribution in [3.63, 3.8) is 0 Å². The molecule has 0 amide bonds. The molecule has 0 saturated heterocycles. The first kappa shape index (κ1) is 7.91. The lowest BCUT2D eigenvalue weighted by molar-refractivity contribution is -0.410. The van der Waals surface area contributed by atoms with Crippen molar-refractivity contribution in [2.45, 2.75) is 6.92 Å². The highest BCUT2D eigenvalue weighted by Crippen LogP contribution is 2.14. The first-order valence-electron chi connectivity index (χ1n) is 4.05. The Morgan fingerprint density at radius 2 is 2.38 bits per heavy atom. The monoisotopic (exact) mass is 178 g/mol. The number of rotatable bonds is 0. The lowest BCUT2D eigenvalue weighted by atomic mass is 10.2. The van der Waals surface area contributed by atoms with Crippen LogP contribution in [0.15, 0.2) is 35.9 Å². The summed E-state index contributed by atoms with van der Waals surface area (Å²) in [7, 11) is 0. The van der Waals surface area contributed by atoms with E-state index in [1.807, 2.05) is 6.08 Å². The molecule has 4 heteroatoms. The molecule has 2 aliphatic rings. The molecule has 0 atom stereocenters. The SMILES string of the molecule is CC1=CCN2C=CC=C(O)C2=[N+]1[O-]. The summed E-state index contributed by atoms with van der Waals surface area (Å²) in [6.07, 6.45) is 6.80. The van der Waals surface area contributed by atoms with E-state index >= 15 is 0 Å². The third-order valence-electron chi connectivity index (χ3n) is 2.12. The molecule has 0 radical (unpaired) electrons. The highest BCUT2D eigenvalue weighted by atomic mass is 16.5. The third-order valence-corrected chi connectivity index (χ3v) is 2.12. The van der Waals surface area contributed by atoms with Crippen molar-refractivity contribution in [1.29, 1.82) is 0 Å². The maximum atomic E-state index is 11.5. The van der Waals surface area contributed by atoms with Gasteiger partial charge >= 0.3 is 5.84 Å². The molecule has 0 aromatic carbocycles. The second-order valence-corrected chi connectivity index (χ2v) is 3.01. The Kier molecular flexibility index (Phi) is 1.62. The van der Waals surface area contributed by atoms with Crippen LogP contribution in [-0.4, -0.2) is 27.1 Å². The molecule has 2 aliphatic heterocycles. The van der Waals surface area contributed by atoms with Gasteiger partial charge in [-0.1, -0.05) is 0 Å². The van der Waals surface area contributed by atoms with Crippen molar-refractivity contribution in [2.75, 3.05) is 6.54 Å². The lowest BCUT2D eigenvalue weighted by Crippen LogP contribution is -2.38. The van der Waals surface area contributed by atoms with Crippen LogP contribution in [0, 0.1) is 5.21 Å². The molecule has 0 spiro atoms. The lowest BCUT2D eigenvalue weighted by Gasteiger charge is -2.25. The number of aliphatic hydroxyl groups is 1. The zero-order chi connectivity index (χ0) is 9.42. The quantitative estimate of drug-likeness (QED) is 0.446. The first-order chi connectivity index (χ1) is 6.20. The van der Waals surface area contributed by atoms with Crippen LogP contribution in [0.2, 0.25) is 0 Å². The Balaban J connectivity index is 2.52. The number of nitrogens with zero attached hydrogens (tertiary/aromatic N) is 2. The van der Waals surface area contributed by atoms with Gasteiger partial charge in [-0.05, 0) is 25.2 Å². The standard InChI is InChI=1S/C9H10N2O2/c1-7-4-6-10-5-2-3-8(12)9(10)11(7)13/h2-5,12H,6H2,1H3. The van der Waals surface area contributed by atoms with E-state index in [1.54, 1.807) is 24.1 Å². The zero-order valence-corrected chi connectivity index (χ0v) is 7.27. The normalized spacial score (nSPS) is 21.2. The molecule has 1 N–H and O–H groups in total. The first-order valence-corrected chi connectivity index (χ1v) is 4.05. The molecule has 0 fully saturated rings. The Morgan fingerprint density at radius 3 is 3.15 bits per heavy atom. The van der Waals surface area contributed by atoms with Crippen LogP contribution in [0.5, 0.6) is 0 Å². The van der Waals surface area contributed by atoms with Gasteiger partial charge in [-0.15, -0.1) is 0 Å². The summed E-state index contributed by atoms with van der Waals surface area (Å²) in [6, 6.07) is 0. The summed E-state index contributed by atoms with van der Waals surface area (Å²) in [5, 5.41) is 21.0. The minimum atomic E-state index is 0.0185. The molecule has 0 saturated carbocycles. The summed E-state index contributed by atoms with van der Waals surface area (Å²) in [4.78, 5) is 1.70. The smallest absolute Gasteiger partial charge is 0.327 e.